The Morgan fingerprint density at radius 3 is 2.62 bits per heavy atom. The second kappa shape index (κ2) is 9.65. The van der Waals surface area contributed by atoms with E-state index < -0.39 is 0 Å². The second-order valence-corrected chi connectivity index (χ2v) is 4.18. The van der Waals surface area contributed by atoms with E-state index in [1.807, 2.05) is 6.92 Å². The summed E-state index contributed by atoms with van der Waals surface area (Å²) in [6.07, 6.45) is 0.323. The molecule has 0 atom stereocenters. The lowest BCUT2D eigenvalue weighted by molar-refractivity contribution is -0.121. The zero-order valence-corrected chi connectivity index (χ0v) is 12.3. The van der Waals surface area contributed by atoms with Gasteiger partial charge in [-0.25, -0.2) is 0 Å². The number of nitrogens with zero attached hydrogens (tertiary/aromatic N) is 2. The number of methoxy groups -OCH3 is 1. The van der Waals surface area contributed by atoms with Crippen LogP contribution in [0.1, 0.15) is 23.8 Å². The Hall–Kier alpha value is -2.22. The van der Waals surface area contributed by atoms with E-state index in [1.54, 1.807) is 19.2 Å². The molecule has 1 rings (SSSR count). The van der Waals surface area contributed by atoms with E-state index in [0.29, 0.717) is 38.5 Å². The summed E-state index contributed by atoms with van der Waals surface area (Å²) in [5.74, 6) is 0.202. The minimum absolute atomic E-state index is 0.0635. The van der Waals surface area contributed by atoms with Crippen molar-refractivity contribution in [2.24, 2.45) is 0 Å². The van der Waals surface area contributed by atoms with Crippen LogP contribution in [0.5, 0.6) is 0 Å². The Bertz CT molecular complexity index is 450. The van der Waals surface area contributed by atoms with Crippen LogP contribution < -0.4 is 16.0 Å². The van der Waals surface area contributed by atoms with E-state index in [-0.39, 0.29) is 17.5 Å². The summed E-state index contributed by atoms with van der Waals surface area (Å²) in [7, 11) is 1.58. The topological polar surface area (TPSA) is 105 Å². The van der Waals surface area contributed by atoms with Gasteiger partial charge in [0.2, 0.25) is 5.91 Å². The molecule has 8 heteroatoms. The maximum atomic E-state index is 11.5. The number of hydrogen-bond donors (Lipinski definition) is 3. The van der Waals surface area contributed by atoms with Gasteiger partial charge in [0.05, 0.1) is 6.61 Å². The molecule has 0 saturated carbocycles. The largest absolute Gasteiger partial charge is 0.383 e. The normalized spacial score (nSPS) is 10.0. The average molecular weight is 295 g/mol. The van der Waals surface area contributed by atoms with Gasteiger partial charge in [-0.3, -0.25) is 9.59 Å². The van der Waals surface area contributed by atoms with Gasteiger partial charge in [0.25, 0.3) is 5.91 Å². The predicted molar refractivity (Wildman–Crippen MR) is 78.0 cm³/mol. The second-order valence-electron chi connectivity index (χ2n) is 4.18. The number of nitrogens with one attached hydrogen (secondary N) is 3. The summed E-state index contributed by atoms with van der Waals surface area (Å²) in [6, 6.07) is 3.24. The van der Waals surface area contributed by atoms with Crippen molar-refractivity contribution in [1.82, 2.24) is 20.8 Å². The van der Waals surface area contributed by atoms with Gasteiger partial charge in [-0.05, 0) is 19.1 Å². The number of amides is 2. The van der Waals surface area contributed by atoms with Gasteiger partial charge in [0, 0.05) is 33.2 Å². The van der Waals surface area contributed by atoms with Crippen molar-refractivity contribution >= 4 is 17.6 Å². The summed E-state index contributed by atoms with van der Waals surface area (Å²) >= 11 is 0. The Morgan fingerprint density at radius 1 is 1.19 bits per heavy atom. The van der Waals surface area contributed by atoms with Crippen LogP contribution in [0.2, 0.25) is 0 Å². The van der Waals surface area contributed by atoms with Crippen molar-refractivity contribution < 1.29 is 14.3 Å². The smallest absolute Gasteiger partial charge is 0.271 e. The van der Waals surface area contributed by atoms with E-state index in [9.17, 15) is 9.59 Å². The van der Waals surface area contributed by atoms with Gasteiger partial charge in [0.15, 0.2) is 5.69 Å². The fourth-order valence-corrected chi connectivity index (χ4v) is 1.48. The average Bonchev–Trinajstić information content (AvgIpc) is 2.48. The standard InChI is InChI=1S/C13H21N5O3/c1-3-14-13(20)10-4-5-11(18-17-10)15-7-6-12(19)16-8-9-21-2/h4-5H,3,6-9H2,1-2H3,(H,14,20)(H,15,18)(H,16,19). The van der Waals surface area contributed by atoms with E-state index in [1.165, 1.54) is 0 Å². The highest BCUT2D eigenvalue weighted by Crippen LogP contribution is 2.02. The summed E-state index contributed by atoms with van der Waals surface area (Å²) in [5, 5.41) is 16.0. The number of carbonyl (C=O) groups is 2. The minimum atomic E-state index is -0.255. The van der Waals surface area contributed by atoms with Gasteiger partial charge in [0.1, 0.15) is 5.82 Å². The van der Waals surface area contributed by atoms with E-state index >= 15 is 0 Å². The molecule has 0 aliphatic rings. The SMILES string of the molecule is CCNC(=O)c1ccc(NCCC(=O)NCCOC)nn1. The molecule has 116 valence electrons. The van der Waals surface area contributed by atoms with Crippen LogP contribution in [0.3, 0.4) is 0 Å². The Morgan fingerprint density at radius 2 is 2.00 bits per heavy atom. The van der Waals surface area contributed by atoms with Crippen LogP contribution in [0.4, 0.5) is 5.82 Å². The first kappa shape index (κ1) is 16.8. The Labute approximate surface area is 123 Å². The molecule has 1 heterocycles. The summed E-state index contributed by atoms with van der Waals surface area (Å²) < 4.78 is 4.83. The molecule has 0 aromatic carbocycles. The fraction of sp³-hybridized carbons (Fsp3) is 0.538. The number of hydrogen-bond acceptors (Lipinski definition) is 6. The molecule has 0 saturated heterocycles. The van der Waals surface area contributed by atoms with Crippen LogP contribution >= 0.6 is 0 Å². The monoisotopic (exact) mass is 295 g/mol. The molecular weight excluding hydrogens is 274 g/mol. The molecule has 0 unspecified atom stereocenters. The molecule has 8 nitrogen and oxygen atoms in total. The molecule has 0 aliphatic heterocycles. The number of ether oxygens (including phenoxy) is 1. The van der Waals surface area contributed by atoms with Gasteiger partial charge >= 0.3 is 0 Å². The van der Waals surface area contributed by atoms with Crippen molar-refractivity contribution in [2.75, 3.05) is 38.7 Å². The zero-order chi connectivity index (χ0) is 15.5. The molecule has 3 N–H and O–H groups in total. The van der Waals surface area contributed by atoms with Crippen LogP contribution in [0.15, 0.2) is 12.1 Å². The maximum absolute atomic E-state index is 11.5. The highest BCUT2D eigenvalue weighted by Gasteiger charge is 2.06. The quantitative estimate of drug-likeness (QED) is 0.544. The maximum Gasteiger partial charge on any atom is 0.271 e. The molecule has 2 amide bonds. The Kier molecular flexibility index (Phi) is 7.73. The number of carbonyl (C=O) groups excluding carboxylic acids is 2. The van der Waals surface area contributed by atoms with Gasteiger partial charge < -0.3 is 20.7 Å². The highest BCUT2D eigenvalue weighted by molar-refractivity contribution is 5.92. The van der Waals surface area contributed by atoms with Crippen LogP contribution in [-0.2, 0) is 9.53 Å². The minimum Gasteiger partial charge on any atom is -0.383 e. The van der Waals surface area contributed by atoms with Gasteiger partial charge in [-0.2, -0.15) is 0 Å². The van der Waals surface area contributed by atoms with Crippen LogP contribution in [-0.4, -0.2) is 55.4 Å². The third-order valence-electron chi connectivity index (χ3n) is 2.52. The van der Waals surface area contributed by atoms with Gasteiger partial charge in [-0.15, -0.1) is 10.2 Å². The fourth-order valence-electron chi connectivity index (χ4n) is 1.48. The third-order valence-corrected chi connectivity index (χ3v) is 2.52. The molecule has 0 fully saturated rings. The first-order valence-electron chi connectivity index (χ1n) is 6.78. The Balaban J connectivity index is 2.29. The molecule has 0 radical (unpaired) electrons. The summed E-state index contributed by atoms with van der Waals surface area (Å²) in [4.78, 5) is 22.9. The number of aromatic nitrogens is 2. The van der Waals surface area contributed by atoms with Gasteiger partial charge in [-0.1, -0.05) is 0 Å². The first-order chi connectivity index (χ1) is 10.2. The summed E-state index contributed by atoms with van der Waals surface area (Å²) in [5.41, 5.74) is 0.264. The lowest BCUT2D eigenvalue weighted by atomic mass is 10.3. The van der Waals surface area contributed by atoms with E-state index in [2.05, 4.69) is 26.1 Å². The number of anilines is 1. The van der Waals surface area contributed by atoms with Crippen molar-refractivity contribution in [3.8, 4) is 0 Å². The summed E-state index contributed by atoms with van der Waals surface area (Å²) in [6.45, 7) is 3.80. The molecule has 1 aromatic heterocycles. The predicted octanol–water partition coefficient (Wildman–Crippen LogP) is -0.209. The zero-order valence-electron chi connectivity index (χ0n) is 12.3. The molecule has 0 aliphatic carbocycles. The van der Waals surface area contributed by atoms with Crippen molar-refractivity contribution in [3.63, 3.8) is 0 Å². The number of rotatable bonds is 9. The first-order valence-corrected chi connectivity index (χ1v) is 6.78. The van der Waals surface area contributed by atoms with E-state index in [4.69, 9.17) is 4.74 Å². The molecule has 0 spiro atoms. The van der Waals surface area contributed by atoms with Crippen molar-refractivity contribution in [3.05, 3.63) is 17.8 Å². The van der Waals surface area contributed by atoms with E-state index in [0.717, 1.165) is 0 Å². The van der Waals surface area contributed by atoms with Crippen molar-refractivity contribution in [1.29, 1.82) is 0 Å². The lowest BCUT2D eigenvalue weighted by Gasteiger charge is -2.06. The van der Waals surface area contributed by atoms with Crippen LogP contribution in [0.25, 0.3) is 0 Å². The molecular formula is C13H21N5O3. The molecule has 21 heavy (non-hydrogen) atoms. The lowest BCUT2D eigenvalue weighted by Crippen LogP contribution is -2.28. The van der Waals surface area contributed by atoms with Crippen LogP contribution in [0, 0.1) is 0 Å². The third kappa shape index (κ3) is 6.66. The highest BCUT2D eigenvalue weighted by atomic mass is 16.5. The van der Waals surface area contributed by atoms with Crippen molar-refractivity contribution in [2.45, 2.75) is 13.3 Å². The molecule has 0 bridgehead atoms. The molecule has 1 aromatic rings.